The van der Waals surface area contributed by atoms with Crippen LogP contribution in [0.4, 0.5) is 0 Å². The lowest BCUT2D eigenvalue weighted by molar-refractivity contribution is 0.716. The highest BCUT2D eigenvalue weighted by molar-refractivity contribution is 9.10. The van der Waals surface area contributed by atoms with Crippen LogP contribution in [0.2, 0.25) is 0 Å². The second-order valence-electron chi connectivity index (χ2n) is 3.96. The summed E-state index contributed by atoms with van der Waals surface area (Å²) < 4.78 is 3.02. The van der Waals surface area contributed by atoms with E-state index < -0.39 is 0 Å². The van der Waals surface area contributed by atoms with Gasteiger partial charge in [0.25, 0.3) is 0 Å². The van der Waals surface area contributed by atoms with Crippen LogP contribution in [0.1, 0.15) is 18.2 Å². The molecule has 0 radical (unpaired) electrons. The smallest absolute Gasteiger partial charge is 0.0691 e. The predicted octanol–water partition coefficient (Wildman–Crippen LogP) is 3.05. The van der Waals surface area contributed by atoms with E-state index in [4.69, 9.17) is 0 Å². The molecular formula is C13H16BrN3. The molecule has 1 N–H and O–H groups in total. The summed E-state index contributed by atoms with van der Waals surface area (Å²) in [4.78, 5) is 0. The number of nitrogens with zero attached hydrogens (tertiary/aromatic N) is 2. The zero-order valence-electron chi connectivity index (χ0n) is 10.1. The van der Waals surface area contributed by atoms with Gasteiger partial charge in [-0.3, -0.25) is 0 Å². The maximum absolute atomic E-state index is 4.45. The molecule has 1 aromatic heterocycles. The molecule has 0 saturated heterocycles. The Balaban J connectivity index is 2.38. The van der Waals surface area contributed by atoms with Crippen LogP contribution in [0.3, 0.4) is 0 Å². The van der Waals surface area contributed by atoms with E-state index in [-0.39, 0.29) is 0 Å². The molecule has 0 saturated carbocycles. The Hall–Kier alpha value is -1.13. The van der Waals surface area contributed by atoms with Gasteiger partial charge >= 0.3 is 0 Å². The first-order valence-electron chi connectivity index (χ1n) is 5.72. The van der Waals surface area contributed by atoms with Gasteiger partial charge < -0.3 is 5.32 Å². The molecule has 90 valence electrons. The Morgan fingerprint density at radius 2 is 2.18 bits per heavy atom. The van der Waals surface area contributed by atoms with Crippen molar-refractivity contribution in [1.29, 1.82) is 0 Å². The minimum atomic E-state index is 0.851. The van der Waals surface area contributed by atoms with E-state index in [1.807, 2.05) is 29.9 Å². The summed E-state index contributed by atoms with van der Waals surface area (Å²) in [5.41, 5.74) is 3.40. The fourth-order valence-electron chi connectivity index (χ4n) is 1.73. The van der Waals surface area contributed by atoms with Crippen LogP contribution in [0, 0.1) is 6.92 Å². The first kappa shape index (κ1) is 12.3. The van der Waals surface area contributed by atoms with Crippen LogP contribution in [0.5, 0.6) is 0 Å². The summed E-state index contributed by atoms with van der Waals surface area (Å²) in [7, 11) is 0. The third-order valence-electron chi connectivity index (χ3n) is 2.58. The van der Waals surface area contributed by atoms with Crippen LogP contribution < -0.4 is 5.32 Å². The second-order valence-corrected chi connectivity index (χ2v) is 4.87. The summed E-state index contributed by atoms with van der Waals surface area (Å²) in [6.07, 6.45) is 1.99. The standard InChI is InChI=1S/C13H16BrN3/c1-3-15-9-11-8-12(14)4-5-13(11)17-7-6-10(2)16-17/h4-8,15H,3,9H2,1-2H3. The van der Waals surface area contributed by atoms with Gasteiger partial charge in [-0.25, -0.2) is 4.68 Å². The molecule has 1 aromatic carbocycles. The second kappa shape index (κ2) is 5.47. The monoisotopic (exact) mass is 293 g/mol. The third-order valence-corrected chi connectivity index (χ3v) is 3.07. The average Bonchev–Trinajstić information content (AvgIpc) is 2.73. The van der Waals surface area contributed by atoms with Gasteiger partial charge in [0.15, 0.2) is 0 Å². The van der Waals surface area contributed by atoms with Gasteiger partial charge in [0.05, 0.1) is 11.4 Å². The first-order valence-corrected chi connectivity index (χ1v) is 6.52. The Kier molecular flexibility index (Phi) is 3.97. The lowest BCUT2D eigenvalue weighted by Crippen LogP contribution is -2.14. The Labute approximate surface area is 110 Å². The van der Waals surface area contributed by atoms with Crippen LogP contribution in [0.15, 0.2) is 34.9 Å². The summed E-state index contributed by atoms with van der Waals surface area (Å²) in [6, 6.07) is 8.28. The molecule has 0 atom stereocenters. The molecule has 0 bridgehead atoms. The van der Waals surface area contributed by atoms with Crippen molar-refractivity contribution in [2.75, 3.05) is 6.54 Å². The minimum Gasteiger partial charge on any atom is -0.313 e. The van der Waals surface area contributed by atoms with Gasteiger partial charge in [-0.1, -0.05) is 22.9 Å². The Morgan fingerprint density at radius 3 is 2.82 bits per heavy atom. The lowest BCUT2D eigenvalue weighted by atomic mass is 10.2. The van der Waals surface area contributed by atoms with Crippen molar-refractivity contribution >= 4 is 15.9 Å². The van der Waals surface area contributed by atoms with Gasteiger partial charge in [0.1, 0.15) is 0 Å². The number of hydrogen-bond donors (Lipinski definition) is 1. The summed E-state index contributed by atoms with van der Waals surface area (Å²) in [5.74, 6) is 0. The van der Waals surface area contributed by atoms with Crippen molar-refractivity contribution in [1.82, 2.24) is 15.1 Å². The van der Waals surface area contributed by atoms with Crippen molar-refractivity contribution < 1.29 is 0 Å². The first-order chi connectivity index (χ1) is 8.20. The summed E-state index contributed by atoms with van der Waals surface area (Å²) >= 11 is 3.51. The fourth-order valence-corrected chi connectivity index (χ4v) is 2.14. The van der Waals surface area contributed by atoms with Crippen LogP contribution >= 0.6 is 15.9 Å². The molecule has 1 heterocycles. The molecule has 0 spiro atoms. The quantitative estimate of drug-likeness (QED) is 0.939. The molecule has 0 aliphatic carbocycles. The summed E-state index contributed by atoms with van der Waals surface area (Å²) in [5, 5.41) is 7.80. The van der Waals surface area contributed by atoms with Crippen molar-refractivity contribution in [3.63, 3.8) is 0 Å². The molecule has 3 nitrogen and oxygen atoms in total. The number of hydrogen-bond acceptors (Lipinski definition) is 2. The molecule has 0 aliphatic rings. The van der Waals surface area contributed by atoms with E-state index in [1.54, 1.807) is 0 Å². The highest BCUT2D eigenvalue weighted by atomic mass is 79.9. The van der Waals surface area contributed by atoms with Gasteiger partial charge in [-0.15, -0.1) is 0 Å². The van der Waals surface area contributed by atoms with Crippen LogP contribution in [0.25, 0.3) is 5.69 Å². The maximum atomic E-state index is 4.45. The van der Waals surface area contributed by atoms with E-state index in [9.17, 15) is 0 Å². The number of benzene rings is 1. The maximum Gasteiger partial charge on any atom is 0.0691 e. The average molecular weight is 294 g/mol. The Morgan fingerprint density at radius 1 is 1.35 bits per heavy atom. The number of aryl methyl sites for hydroxylation is 1. The highest BCUT2D eigenvalue weighted by Crippen LogP contribution is 2.20. The van der Waals surface area contributed by atoms with Crippen LogP contribution in [-0.4, -0.2) is 16.3 Å². The fraction of sp³-hybridized carbons (Fsp3) is 0.308. The normalized spacial score (nSPS) is 10.8. The van der Waals surface area contributed by atoms with Crippen molar-refractivity contribution in [2.24, 2.45) is 0 Å². The number of rotatable bonds is 4. The van der Waals surface area contributed by atoms with Crippen molar-refractivity contribution in [3.8, 4) is 5.69 Å². The van der Waals surface area contributed by atoms with Gasteiger partial charge in [0.2, 0.25) is 0 Å². The van der Waals surface area contributed by atoms with Gasteiger partial charge in [-0.05, 0) is 43.3 Å². The molecule has 0 amide bonds. The van der Waals surface area contributed by atoms with Crippen molar-refractivity contribution in [3.05, 3.63) is 46.2 Å². The number of halogens is 1. The largest absolute Gasteiger partial charge is 0.313 e. The highest BCUT2D eigenvalue weighted by Gasteiger charge is 2.06. The topological polar surface area (TPSA) is 29.9 Å². The van der Waals surface area contributed by atoms with Crippen molar-refractivity contribution in [2.45, 2.75) is 20.4 Å². The zero-order chi connectivity index (χ0) is 12.3. The van der Waals surface area contributed by atoms with Gasteiger partial charge in [0, 0.05) is 17.2 Å². The minimum absolute atomic E-state index is 0.851. The van der Waals surface area contributed by atoms with Crippen LogP contribution in [-0.2, 0) is 6.54 Å². The number of aromatic nitrogens is 2. The zero-order valence-corrected chi connectivity index (χ0v) is 11.7. The molecule has 17 heavy (non-hydrogen) atoms. The van der Waals surface area contributed by atoms with Gasteiger partial charge in [-0.2, -0.15) is 5.10 Å². The third kappa shape index (κ3) is 2.96. The summed E-state index contributed by atoms with van der Waals surface area (Å²) in [6.45, 7) is 5.92. The Bertz CT molecular complexity index is 505. The predicted molar refractivity (Wildman–Crippen MR) is 73.4 cm³/mol. The van der Waals surface area contributed by atoms with E-state index >= 15 is 0 Å². The SMILES string of the molecule is CCNCc1cc(Br)ccc1-n1ccc(C)n1. The van der Waals surface area contributed by atoms with E-state index in [2.05, 4.69) is 45.4 Å². The molecular weight excluding hydrogens is 278 g/mol. The molecule has 0 fully saturated rings. The van der Waals surface area contributed by atoms with E-state index in [0.717, 1.165) is 28.9 Å². The molecule has 0 unspecified atom stereocenters. The van der Waals surface area contributed by atoms with E-state index in [1.165, 1.54) is 5.56 Å². The molecule has 2 rings (SSSR count). The number of nitrogens with one attached hydrogen (secondary N) is 1. The molecule has 2 aromatic rings. The lowest BCUT2D eigenvalue weighted by Gasteiger charge is -2.10. The molecule has 4 heteroatoms. The van der Waals surface area contributed by atoms with E-state index in [0.29, 0.717) is 0 Å². The molecule has 0 aliphatic heterocycles.